The summed E-state index contributed by atoms with van der Waals surface area (Å²) < 4.78 is 32.3. The van der Waals surface area contributed by atoms with E-state index in [2.05, 4.69) is 10.0 Å². The zero-order chi connectivity index (χ0) is 21.6. The van der Waals surface area contributed by atoms with Crippen molar-refractivity contribution in [2.45, 2.75) is 24.8 Å². The highest BCUT2D eigenvalue weighted by Gasteiger charge is 2.21. The molecule has 0 aliphatic rings. The van der Waals surface area contributed by atoms with Gasteiger partial charge in [0.1, 0.15) is 0 Å². The third-order valence-corrected chi connectivity index (χ3v) is 5.22. The van der Waals surface area contributed by atoms with Gasteiger partial charge >= 0.3 is 12.0 Å². The molecule has 1 atom stereocenters. The van der Waals surface area contributed by atoms with E-state index in [0.717, 1.165) is 5.56 Å². The van der Waals surface area contributed by atoms with Gasteiger partial charge in [-0.3, -0.25) is 14.8 Å². The Morgan fingerprint density at radius 3 is 2.10 bits per heavy atom. The number of nitrogens with one attached hydrogen (secondary N) is 3. The van der Waals surface area contributed by atoms with Crippen molar-refractivity contribution in [2.24, 2.45) is 0 Å². The highest BCUT2D eigenvalue weighted by Crippen LogP contribution is 2.17. The first kappa shape index (κ1) is 21.9. The monoisotopic (exact) mass is 419 g/mol. The summed E-state index contributed by atoms with van der Waals surface area (Å²) in [6, 6.07) is 11.2. The Morgan fingerprint density at radius 2 is 1.55 bits per heavy atom. The lowest BCUT2D eigenvalue weighted by atomic mass is 10.2. The number of amides is 3. The molecule has 2 rings (SSSR count). The molecule has 2 aromatic rings. The molecular weight excluding hydrogens is 398 g/mol. The van der Waals surface area contributed by atoms with Crippen molar-refractivity contribution < 1.29 is 27.5 Å². The van der Waals surface area contributed by atoms with E-state index in [-0.39, 0.29) is 10.5 Å². The molecule has 0 spiro atoms. The molecule has 0 fully saturated rings. The van der Waals surface area contributed by atoms with Crippen LogP contribution in [0.25, 0.3) is 0 Å². The fourth-order valence-electron chi connectivity index (χ4n) is 2.16. The maximum atomic E-state index is 12.4. The van der Waals surface area contributed by atoms with Crippen molar-refractivity contribution in [3.05, 3.63) is 59.7 Å². The van der Waals surface area contributed by atoms with Gasteiger partial charge in [-0.1, -0.05) is 17.7 Å². The van der Waals surface area contributed by atoms with Gasteiger partial charge in [0.05, 0.1) is 10.5 Å². The van der Waals surface area contributed by atoms with Gasteiger partial charge in [-0.2, -0.15) is 0 Å². The summed E-state index contributed by atoms with van der Waals surface area (Å²) in [6.45, 7) is 3.19. The first-order valence-electron chi connectivity index (χ1n) is 8.55. The number of rotatable bonds is 6. The van der Waals surface area contributed by atoms with Crippen LogP contribution in [0.4, 0.5) is 10.5 Å². The number of urea groups is 1. The van der Waals surface area contributed by atoms with Crippen LogP contribution in [-0.4, -0.2) is 39.5 Å². The van der Waals surface area contributed by atoms with Crippen LogP contribution in [0.15, 0.2) is 53.4 Å². The molecule has 0 saturated heterocycles. The van der Waals surface area contributed by atoms with E-state index in [1.165, 1.54) is 38.2 Å². The van der Waals surface area contributed by atoms with Gasteiger partial charge in [-0.05, 0) is 50.2 Å². The number of ether oxygens (including phenoxy) is 1. The Labute approximate surface area is 168 Å². The Bertz CT molecular complexity index is 1000. The number of aryl methyl sites for hydroxylation is 1. The van der Waals surface area contributed by atoms with Crippen molar-refractivity contribution in [3.8, 4) is 0 Å². The van der Waals surface area contributed by atoms with E-state index in [1.807, 2.05) is 12.2 Å². The Kier molecular flexibility index (Phi) is 6.94. The van der Waals surface area contributed by atoms with Crippen molar-refractivity contribution in [1.82, 2.24) is 10.6 Å². The van der Waals surface area contributed by atoms with Crippen LogP contribution < -0.4 is 15.4 Å². The van der Waals surface area contributed by atoms with Crippen LogP contribution >= 0.6 is 0 Å². The smallest absolute Gasteiger partial charge is 0.338 e. The average molecular weight is 419 g/mol. The number of anilines is 1. The zero-order valence-corrected chi connectivity index (χ0v) is 16.9. The summed E-state index contributed by atoms with van der Waals surface area (Å²) >= 11 is 0. The molecule has 10 heteroatoms. The predicted octanol–water partition coefficient (Wildman–Crippen LogP) is 1.80. The number of imide groups is 1. The van der Waals surface area contributed by atoms with Crippen LogP contribution in [0.2, 0.25) is 0 Å². The molecule has 1 unspecified atom stereocenters. The third-order valence-electron chi connectivity index (χ3n) is 3.82. The maximum Gasteiger partial charge on any atom is 0.338 e. The van der Waals surface area contributed by atoms with Gasteiger partial charge < -0.3 is 10.1 Å². The van der Waals surface area contributed by atoms with Crippen molar-refractivity contribution in [3.63, 3.8) is 0 Å². The summed E-state index contributed by atoms with van der Waals surface area (Å²) in [6.07, 6.45) is -1.22. The lowest BCUT2D eigenvalue weighted by molar-refractivity contribution is -0.127. The molecule has 0 saturated carbocycles. The van der Waals surface area contributed by atoms with E-state index in [9.17, 15) is 22.8 Å². The second-order valence-corrected chi connectivity index (χ2v) is 7.79. The van der Waals surface area contributed by atoms with E-state index in [1.54, 1.807) is 24.3 Å². The molecule has 9 nitrogen and oxygen atoms in total. The Balaban J connectivity index is 2.04. The summed E-state index contributed by atoms with van der Waals surface area (Å²) in [7, 11) is -2.50. The Hall–Kier alpha value is -3.40. The standard InChI is InChI=1S/C19H21N3O6S/c1-12-4-8-15(9-5-12)22-29(26,27)16-10-6-14(7-11-16)18(24)28-13(2)17(23)21-19(25)20-3/h4-11,13,22H,1-3H3,(H2,20,21,23,25). The summed E-state index contributed by atoms with van der Waals surface area (Å²) in [5.74, 6) is -1.63. The fourth-order valence-corrected chi connectivity index (χ4v) is 3.22. The normalized spacial score (nSPS) is 11.8. The first-order chi connectivity index (χ1) is 13.6. The van der Waals surface area contributed by atoms with Crippen molar-refractivity contribution in [2.75, 3.05) is 11.8 Å². The van der Waals surface area contributed by atoms with Gasteiger partial charge in [0.25, 0.3) is 15.9 Å². The van der Waals surface area contributed by atoms with Crippen molar-refractivity contribution >= 4 is 33.6 Å². The maximum absolute atomic E-state index is 12.4. The SMILES string of the molecule is CNC(=O)NC(=O)C(C)OC(=O)c1ccc(S(=O)(=O)Nc2ccc(C)cc2)cc1. The number of carbonyl (C=O) groups excluding carboxylic acids is 3. The minimum Gasteiger partial charge on any atom is -0.449 e. The molecule has 0 heterocycles. The van der Waals surface area contributed by atoms with E-state index >= 15 is 0 Å². The summed E-state index contributed by atoms with van der Waals surface area (Å²) in [4.78, 5) is 34.9. The molecule has 0 radical (unpaired) electrons. The number of hydrogen-bond donors (Lipinski definition) is 3. The van der Waals surface area contributed by atoms with E-state index in [0.29, 0.717) is 5.69 Å². The zero-order valence-electron chi connectivity index (χ0n) is 16.1. The fraction of sp³-hybridized carbons (Fsp3) is 0.211. The van der Waals surface area contributed by atoms with Crippen LogP contribution in [0.1, 0.15) is 22.8 Å². The highest BCUT2D eigenvalue weighted by atomic mass is 32.2. The number of hydrogen-bond acceptors (Lipinski definition) is 6. The quantitative estimate of drug-likeness (QED) is 0.612. The average Bonchev–Trinajstić information content (AvgIpc) is 2.69. The minimum absolute atomic E-state index is 0.0416. The van der Waals surface area contributed by atoms with Gasteiger partial charge in [-0.15, -0.1) is 0 Å². The third kappa shape index (κ3) is 6.04. The second kappa shape index (κ2) is 9.20. The topological polar surface area (TPSA) is 131 Å². The van der Waals surface area contributed by atoms with Crippen LogP contribution in [0.5, 0.6) is 0 Å². The van der Waals surface area contributed by atoms with Crippen molar-refractivity contribution in [1.29, 1.82) is 0 Å². The largest absolute Gasteiger partial charge is 0.449 e. The molecule has 0 aliphatic carbocycles. The molecule has 29 heavy (non-hydrogen) atoms. The lowest BCUT2D eigenvalue weighted by Gasteiger charge is -2.13. The van der Waals surface area contributed by atoms with Crippen LogP contribution in [0.3, 0.4) is 0 Å². The first-order valence-corrected chi connectivity index (χ1v) is 10.0. The van der Waals surface area contributed by atoms with E-state index < -0.39 is 34.0 Å². The highest BCUT2D eigenvalue weighted by molar-refractivity contribution is 7.92. The molecule has 0 aliphatic heterocycles. The van der Waals surface area contributed by atoms with Gasteiger partial charge in [0, 0.05) is 12.7 Å². The Morgan fingerprint density at radius 1 is 0.966 bits per heavy atom. The van der Waals surface area contributed by atoms with Gasteiger partial charge in [-0.25, -0.2) is 18.0 Å². The molecular formula is C19H21N3O6S. The number of esters is 1. The molecule has 2 aromatic carbocycles. The van der Waals surface area contributed by atoms with Gasteiger partial charge in [0.2, 0.25) is 0 Å². The number of benzene rings is 2. The lowest BCUT2D eigenvalue weighted by Crippen LogP contribution is -2.43. The summed E-state index contributed by atoms with van der Waals surface area (Å²) in [5.41, 5.74) is 1.46. The van der Waals surface area contributed by atoms with Crippen LogP contribution in [-0.2, 0) is 19.6 Å². The molecule has 0 aromatic heterocycles. The summed E-state index contributed by atoms with van der Waals surface area (Å²) in [5, 5.41) is 4.19. The molecule has 154 valence electrons. The van der Waals surface area contributed by atoms with Gasteiger partial charge in [0.15, 0.2) is 6.10 Å². The molecule has 3 amide bonds. The second-order valence-electron chi connectivity index (χ2n) is 6.11. The van der Waals surface area contributed by atoms with E-state index in [4.69, 9.17) is 4.74 Å². The predicted molar refractivity (Wildman–Crippen MR) is 106 cm³/mol. The number of carbonyl (C=O) groups is 3. The molecule has 0 bridgehead atoms. The minimum atomic E-state index is -3.83. The molecule has 3 N–H and O–H groups in total. The number of sulfonamides is 1. The van der Waals surface area contributed by atoms with Crippen LogP contribution in [0, 0.1) is 6.92 Å².